The summed E-state index contributed by atoms with van der Waals surface area (Å²) in [6.07, 6.45) is 1.25. The van der Waals surface area contributed by atoms with Crippen molar-refractivity contribution in [1.29, 1.82) is 0 Å². The number of nitro groups is 1. The van der Waals surface area contributed by atoms with Crippen molar-refractivity contribution in [2.24, 2.45) is 7.05 Å². The lowest BCUT2D eigenvalue weighted by atomic mass is 10.3. The Morgan fingerprint density at radius 2 is 2.04 bits per heavy atom. The van der Waals surface area contributed by atoms with Gasteiger partial charge in [-0.3, -0.25) is 9.36 Å². The number of amides is 1. The number of aromatic nitrogens is 2. The molecule has 128 valence electrons. The highest BCUT2D eigenvalue weighted by atomic mass is 19.1. The van der Waals surface area contributed by atoms with Crippen LogP contribution in [0, 0.1) is 21.7 Å². The smallest absolute Gasteiger partial charge is 0.358 e. The zero-order valence-corrected chi connectivity index (χ0v) is 13.0. The Hall–Kier alpha value is -3.04. The molecule has 10 heteroatoms. The van der Waals surface area contributed by atoms with E-state index in [1.54, 1.807) is 14.0 Å². The van der Waals surface area contributed by atoms with Crippen LogP contribution < -0.4 is 10.2 Å². The number of anilines is 2. The Balaban J connectivity index is 2.21. The average molecular weight is 339 g/mol. The summed E-state index contributed by atoms with van der Waals surface area (Å²) in [4.78, 5) is 27.5. The second kappa shape index (κ2) is 7.02. The van der Waals surface area contributed by atoms with E-state index in [4.69, 9.17) is 0 Å². The van der Waals surface area contributed by atoms with E-state index < -0.39 is 34.0 Å². The minimum Gasteiger partial charge on any atom is -0.358 e. The summed E-state index contributed by atoms with van der Waals surface area (Å²) in [7, 11) is 1.55. The molecule has 0 atom stereocenters. The third-order valence-corrected chi connectivity index (χ3v) is 3.30. The number of benzene rings is 1. The average Bonchev–Trinajstić information content (AvgIpc) is 2.90. The molecule has 2 aromatic rings. The number of hydrogen-bond acceptors (Lipinski definition) is 5. The van der Waals surface area contributed by atoms with Crippen LogP contribution in [0.1, 0.15) is 6.92 Å². The third-order valence-electron chi connectivity index (χ3n) is 3.30. The van der Waals surface area contributed by atoms with Gasteiger partial charge in [0.2, 0.25) is 18.1 Å². The highest BCUT2D eigenvalue weighted by Crippen LogP contribution is 2.26. The van der Waals surface area contributed by atoms with Crippen LogP contribution in [-0.2, 0) is 11.8 Å². The number of rotatable bonds is 6. The van der Waals surface area contributed by atoms with E-state index in [2.05, 4.69) is 10.3 Å². The first-order valence-corrected chi connectivity index (χ1v) is 6.99. The minimum atomic E-state index is -0.905. The fourth-order valence-electron chi connectivity index (χ4n) is 2.21. The van der Waals surface area contributed by atoms with Crippen molar-refractivity contribution in [3.05, 3.63) is 46.3 Å². The first-order valence-electron chi connectivity index (χ1n) is 6.99. The lowest BCUT2D eigenvalue weighted by molar-refractivity contribution is -0.388. The zero-order chi connectivity index (χ0) is 17.9. The van der Waals surface area contributed by atoms with Gasteiger partial charge in [0.05, 0.1) is 6.54 Å². The van der Waals surface area contributed by atoms with E-state index in [0.29, 0.717) is 0 Å². The lowest BCUT2D eigenvalue weighted by Crippen LogP contribution is -2.35. The SMILES string of the molecule is CCN(CC(=O)Nc1c(F)cccc1F)c1c([N+](=O)[O-])ncn1C. The maximum absolute atomic E-state index is 13.6. The summed E-state index contributed by atoms with van der Waals surface area (Å²) >= 11 is 0. The number of nitrogens with one attached hydrogen (secondary N) is 1. The topological polar surface area (TPSA) is 93.3 Å². The van der Waals surface area contributed by atoms with Gasteiger partial charge in [0, 0.05) is 13.6 Å². The number of carbonyl (C=O) groups excluding carboxylic acids is 1. The number of halogens is 2. The molecule has 0 fully saturated rings. The molecule has 0 radical (unpaired) electrons. The number of nitrogens with zero attached hydrogens (tertiary/aromatic N) is 4. The molecule has 0 unspecified atom stereocenters. The first-order chi connectivity index (χ1) is 11.3. The Morgan fingerprint density at radius 1 is 1.42 bits per heavy atom. The highest BCUT2D eigenvalue weighted by molar-refractivity contribution is 5.94. The lowest BCUT2D eigenvalue weighted by Gasteiger charge is -2.21. The molecule has 1 aromatic carbocycles. The molecule has 2 rings (SSSR count). The molecule has 1 N–H and O–H groups in total. The van der Waals surface area contributed by atoms with Crippen LogP contribution in [0.5, 0.6) is 0 Å². The van der Waals surface area contributed by atoms with E-state index in [1.807, 2.05) is 0 Å². The molecule has 1 amide bonds. The van der Waals surface area contributed by atoms with Gasteiger partial charge in [-0.1, -0.05) is 6.07 Å². The van der Waals surface area contributed by atoms with Crippen molar-refractivity contribution in [3.63, 3.8) is 0 Å². The summed E-state index contributed by atoms with van der Waals surface area (Å²) in [6, 6.07) is 3.21. The van der Waals surface area contributed by atoms with E-state index in [9.17, 15) is 23.7 Å². The Kier molecular flexibility index (Phi) is 5.07. The molecule has 0 spiro atoms. The maximum atomic E-state index is 13.6. The summed E-state index contributed by atoms with van der Waals surface area (Å²) in [6.45, 7) is 1.62. The van der Waals surface area contributed by atoms with Crippen LogP contribution in [0.3, 0.4) is 0 Å². The number of carbonyl (C=O) groups is 1. The van der Waals surface area contributed by atoms with Gasteiger partial charge in [0.1, 0.15) is 17.3 Å². The van der Waals surface area contributed by atoms with Gasteiger partial charge >= 0.3 is 5.82 Å². The van der Waals surface area contributed by atoms with Crippen molar-refractivity contribution in [3.8, 4) is 0 Å². The number of imidazole rings is 1. The van der Waals surface area contributed by atoms with E-state index >= 15 is 0 Å². The van der Waals surface area contributed by atoms with Gasteiger partial charge in [0.25, 0.3) is 0 Å². The van der Waals surface area contributed by atoms with Crippen molar-refractivity contribution >= 4 is 23.2 Å². The monoisotopic (exact) mass is 339 g/mol. The molecule has 24 heavy (non-hydrogen) atoms. The highest BCUT2D eigenvalue weighted by Gasteiger charge is 2.26. The molecule has 8 nitrogen and oxygen atoms in total. The van der Waals surface area contributed by atoms with Crippen molar-refractivity contribution in [2.45, 2.75) is 6.92 Å². The number of likely N-dealkylation sites (N-methyl/N-ethyl adjacent to an activating group) is 1. The standard InChI is InChI=1S/C14H15F2N5O3/c1-3-20(14-13(21(23)24)17-8-19(14)2)7-11(22)18-12-9(15)5-4-6-10(12)16/h4-6,8H,3,7H2,1-2H3,(H,18,22). The molecule has 0 aliphatic heterocycles. The molecular weight excluding hydrogens is 324 g/mol. The first kappa shape index (κ1) is 17.3. The Morgan fingerprint density at radius 3 is 2.58 bits per heavy atom. The summed E-state index contributed by atoms with van der Waals surface area (Å²) in [5, 5.41) is 13.2. The maximum Gasteiger partial charge on any atom is 0.406 e. The Labute approximate surface area is 135 Å². The molecule has 0 saturated carbocycles. The fraction of sp³-hybridized carbons (Fsp3) is 0.286. The Bertz CT molecular complexity index is 758. The molecule has 0 aliphatic rings. The van der Waals surface area contributed by atoms with Crippen molar-refractivity contribution in [2.75, 3.05) is 23.3 Å². The molecule has 1 aromatic heterocycles. The summed E-state index contributed by atoms with van der Waals surface area (Å²) in [5.74, 6) is -2.79. The number of aryl methyl sites for hydroxylation is 1. The number of para-hydroxylation sites is 1. The zero-order valence-electron chi connectivity index (χ0n) is 13.0. The van der Waals surface area contributed by atoms with Crippen LogP contribution in [-0.4, -0.2) is 33.5 Å². The molecule has 0 saturated heterocycles. The second-order valence-electron chi connectivity index (χ2n) is 4.92. The minimum absolute atomic E-state index is 0.131. The molecule has 1 heterocycles. The quantitative estimate of drug-likeness (QED) is 0.642. The second-order valence-corrected chi connectivity index (χ2v) is 4.92. The van der Waals surface area contributed by atoms with E-state index in [1.165, 1.54) is 21.9 Å². The van der Waals surface area contributed by atoms with Crippen LogP contribution in [0.2, 0.25) is 0 Å². The van der Waals surface area contributed by atoms with Gasteiger partial charge in [-0.25, -0.2) is 8.78 Å². The van der Waals surface area contributed by atoms with Gasteiger partial charge in [-0.15, -0.1) is 0 Å². The molecular formula is C14H15F2N5O3. The van der Waals surface area contributed by atoms with E-state index in [-0.39, 0.29) is 18.9 Å². The van der Waals surface area contributed by atoms with Crippen molar-refractivity contribution in [1.82, 2.24) is 9.55 Å². The van der Waals surface area contributed by atoms with Gasteiger partial charge in [-0.2, -0.15) is 0 Å². The molecule has 0 aliphatic carbocycles. The van der Waals surface area contributed by atoms with Gasteiger partial charge in [0.15, 0.2) is 0 Å². The largest absolute Gasteiger partial charge is 0.406 e. The van der Waals surface area contributed by atoms with Crippen molar-refractivity contribution < 1.29 is 18.5 Å². The summed E-state index contributed by atoms with van der Waals surface area (Å²) in [5.41, 5.74) is -0.557. The van der Waals surface area contributed by atoms with E-state index in [0.717, 1.165) is 12.1 Å². The third kappa shape index (κ3) is 3.47. The van der Waals surface area contributed by atoms with Crippen LogP contribution in [0.4, 0.5) is 26.1 Å². The van der Waals surface area contributed by atoms with Crippen LogP contribution >= 0.6 is 0 Å². The van der Waals surface area contributed by atoms with Gasteiger partial charge in [-0.05, 0) is 29.0 Å². The molecule has 0 bridgehead atoms. The van der Waals surface area contributed by atoms with Gasteiger partial charge < -0.3 is 20.3 Å². The summed E-state index contributed by atoms with van der Waals surface area (Å²) < 4.78 is 28.5. The van der Waals surface area contributed by atoms with Crippen LogP contribution in [0.15, 0.2) is 24.5 Å². The normalized spacial score (nSPS) is 10.5. The fourth-order valence-corrected chi connectivity index (χ4v) is 2.21. The van der Waals surface area contributed by atoms with Crippen LogP contribution in [0.25, 0.3) is 0 Å². The predicted octanol–water partition coefficient (Wildman–Crippen LogP) is 2.07. The number of hydrogen-bond donors (Lipinski definition) is 1. The predicted molar refractivity (Wildman–Crippen MR) is 82.7 cm³/mol.